The zero-order valence-corrected chi connectivity index (χ0v) is 26.8. The van der Waals surface area contributed by atoms with Gasteiger partial charge in [0, 0.05) is 22.3 Å². The molecule has 47 heavy (non-hydrogen) atoms. The molecule has 15 heteroatoms. The Hall–Kier alpha value is -5.44. The number of esters is 2. The minimum atomic E-state index is -1.55. The van der Waals surface area contributed by atoms with Crippen LogP contribution in [0.3, 0.4) is 0 Å². The zero-order chi connectivity index (χ0) is 35.3. The number of fused-ring (bicyclic) bond motifs is 2. The number of nitrogens with two attached hydrogens (primary N) is 1. The number of nitrogens with one attached hydrogen (secondary N) is 4. The molecule has 3 rings (SSSR count). The van der Waals surface area contributed by atoms with Gasteiger partial charge >= 0.3 is 11.9 Å². The summed E-state index contributed by atoms with van der Waals surface area (Å²) in [6.45, 7) is 5.91. The quantitative estimate of drug-likeness (QED) is 0.157. The van der Waals surface area contributed by atoms with Crippen LogP contribution in [-0.2, 0) is 33.4 Å². The Balaban J connectivity index is 1.63. The normalized spacial score (nSPS) is 13.6. The lowest BCUT2D eigenvalue weighted by Gasteiger charge is -2.32. The minimum Gasteiger partial charge on any atom is -0.467 e. The van der Waals surface area contributed by atoms with E-state index in [-0.39, 0.29) is 40.1 Å². The average Bonchev–Trinajstić information content (AvgIpc) is 3.03. The van der Waals surface area contributed by atoms with Gasteiger partial charge in [0.2, 0.25) is 23.6 Å². The molecule has 0 saturated carbocycles. The second kappa shape index (κ2) is 14.3. The van der Waals surface area contributed by atoms with Gasteiger partial charge in [-0.25, -0.2) is 9.59 Å². The molecule has 2 atom stereocenters. The van der Waals surface area contributed by atoms with Gasteiger partial charge in [-0.3, -0.25) is 28.8 Å². The van der Waals surface area contributed by atoms with E-state index in [1.807, 2.05) is 0 Å². The molecule has 0 spiro atoms. The van der Waals surface area contributed by atoms with Crippen LogP contribution in [0.1, 0.15) is 76.8 Å². The number of methoxy groups -OCH3 is 1. The summed E-state index contributed by atoms with van der Waals surface area (Å²) in [6, 6.07) is 7.47. The summed E-state index contributed by atoms with van der Waals surface area (Å²) >= 11 is 0. The fraction of sp³-hybridized carbons (Fsp3) is 0.375. The van der Waals surface area contributed by atoms with E-state index in [1.165, 1.54) is 58.9 Å². The Morgan fingerprint density at radius 3 is 1.91 bits per heavy atom. The van der Waals surface area contributed by atoms with Gasteiger partial charge in [-0.15, -0.1) is 0 Å². The van der Waals surface area contributed by atoms with Gasteiger partial charge in [0.1, 0.15) is 23.7 Å². The molecule has 15 nitrogen and oxygen atoms in total. The Bertz CT molecular complexity index is 1650. The van der Waals surface area contributed by atoms with Gasteiger partial charge in [0.15, 0.2) is 17.6 Å². The first kappa shape index (κ1) is 36.0. The van der Waals surface area contributed by atoms with E-state index in [4.69, 9.17) is 15.2 Å². The van der Waals surface area contributed by atoms with E-state index >= 15 is 0 Å². The molecule has 1 aliphatic rings. The number of benzene rings is 2. The third-order valence-corrected chi connectivity index (χ3v) is 7.28. The zero-order valence-electron chi connectivity index (χ0n) is 26.8. The van der Waals surface area contributed by atoms with Crippen LogP contribution in [0.25, 0.3) is 0 Å². The van der Waals surface area contributed by atoms with Crippen molar-refractivity contribution < 1.29 is 47.8 Å². The molecule has 2 aromatic carbocycles. The number of hydrogen-bond acceptors (Lipinski definition) is 11. The van der Waals surface area contributed by atoms with Crippen molar-refractivity contribution in [3.05, 3.63) is 70.3 Å². The smallest absolute Gasteiger partial charge is 0.338 e. The maximum absolute atomic E-state index is 13.0. The second-order valence-corrected chi connectivity index (χ2v) is 11.8. The molecule has 0 unspecified atom stereocenters. The summed E-state index contributed by atoms with van der Waals surface area (Å²) in [5.74, 6) is -5.59. The largest absolute Gasteiger partial charge is 0.467 e. The Kier molecular flexibility index (Phi) is 11.0. The third-order valence-electron chi connectivity index (χ3n) is 7.28. The van der Waals surface area contributed by atoms with Crippen molar-refractivity contribution in [1.29, 1.82) is 0 Å². The van der Waals surface area contributed by atoms with Crippen molar-refractivity contribution in [3.8, 4) is 0 Å². The van der Waals surface area contributed by atoms with Crippen molar-refractivity contribution >= 4 is 47.1 Å². The number of hydrogen-bond donors (Lipinski definition) is 5. The van der Waals surface area contributed by atoms with E-state index in [9.17, 15) is 38.4 Å². The van der Waals surface area contributed by atoms with Crippen LogP contribution in [0.2, 0.25) is 0 Å². The summed E-state index contributed by atoms with van der Waals surface area (Å²) < 4.78 is 9.95. The number of ether oxygens (including phenoxy) is 2. The van der Waals surface area contributed by atoms with Crippen molar-refractivity contribution in [2.24, 2.45) is 5.73 Å². The van der Waals surface area contributed by atoms with Crippen LogP contribution in [0.5, 0.6) is 0 Å². The lowest BCUT2D eigenvalue weighted by Crippen LogP contribution is -2.64. The highest BCUT2D eigenvalue weighted by molar-refractivity contribution is 6.28. The van der Waals surface area contributed by atoms with Gasteiger partial charge < -0.3 is 36.5 Å². The summed E-state index contributed by atoms with van der Waals surface area (Å²) in [6.07, 6.45) is 0. The standard InChI is InChI=1S/C32H37N5O10/c1-16(34-29(44)31(2,3)37-30(45)32(4,5)36-23(38)14-33)26(41)35-22(28(43)46-6)15-47-27(42)17-11-12-20-21(13-17)25(40)19-10-8-7-9-18(19)24(20)39/h7-13,16,22H,14-15,33H2,1-6H3,(H,34,44)(H,35,41)(H,36,38)(H,37,45)/t16-,22-/m0/s1. The number of amides is 4. The fourth-order valence-corrected chi connectivity index (χ4v) is 4.47. The van der Waals surface area contributed by atoms with Crippen LogP contribution in [0.15, 0.2) is 42.5 Å². The number of rotatable bonds is 12. The number of ketones is 2. The molecule has 2 aromatic rings. The molecule has 6 N–H and O–H groups in total. The lowest BCUT2D eigenvalue weighted by atomic mass is 9.83. The first-order valence-corrected chi connectivity index (χ1v) is 14.5. The summed E-state index contributed by atoms with van der Waals surface area (Å²) in [7, 11) is 1.06. The first-order chi connectivity index (χ1) is 21.9. The van der Waals surface area contributed by atoms with E-state index in [1.54, 1.807) is 18.2 Å². The fourth-order valence-electron chi connectivity index (χ4n) is 4.47. The van der Waals surface area contributed by atoms with Crippen LogP contribution < -0.4 is 27.0 Å². The third kappa shape index (κ3) is 8.24. The Morgan fingerprint density at radius 2 is 1.34 bits per heavy atom. The summed E-state index contributed by atoms with van der Waals surface area (Å²) in [4.78, 5) is 101. The highest BCUT2D eigenvalue weighted by Crippen LogP contribution is 2.28. The molecule has 0 fully saturated rings. The maximum Gasteiger partial charge on any atom is 0.338 e. The van der Waals surface area contributed by atoms with Crippen LogP contribution in [0, 0.1) is 0 Å². The molecule has 0 radical (unpaired) electrons. The molecule has 1 aliphatic carbocycles. The monoisotopic (exact) mass is 651 g/mol. The van der Waals surface area contributed by atoms with Crippen LogP contribution in [0.4, 0.5) is 0 Å². The van der Waals surface area contributed by atoms with Crippen molar-refractivity contribution in [2.45, 2.75) is 57.8 Å². The predicted molar refractivity (Wildman–Crippen MR) is 165 cm³/mol. The van der Waals surface area contributed by atoms with Gasteiger partial charge in [0.25, 0.3) is 0 Å². The topological polar surface area (TPSA) is 229 Å². The molecule has 0 aromatic heterocycles. The van der Waals surface area contributed by atoms with E-state index < -0.39 is 71.1 Å². The van der Waals surface area contributed by atoms with Crippen molar-refractivity contribution in [3.63, 3.8) is 0 Å². The van der Waals surface area contributed by atoms with Gasteiger partial charge in [-0.1, -0.05) is 24.3 Å². The van der Waals surface area contributed by atoms with Crippen molar-refractivity contribution in [1.82, 2.24) is 21.3 Å². The highest BCUT2D eigenvalue weighted by Gasteiger charge is 2.38. The first-order valence-electron chi connectivity index (χ1n) is 14.5. The van der Waals surface area contributed by atoms with Gasteiger partial charge in [-0.2, -0.15) is 0 Å². The molecular formula is C32H37N5O10. The SMILES string of the molecule is COC(=O)[C@H](COC(=O)c1ccc2c(c1)C(=O)c1ccccc1C2=O)NC(=O)[C@H](C)NC(=O)C(C)(C)NC(=O)C(C)(C)NC(=O)CN. The highest BCUT2D eigenvalue weighted by atomic mass is 16.5. The summed E-state index contributed by atoms with van der Waals surface area (Å²) in [5, 5.41) is 9.72. The Labute approximate surface area is 270 Å². The van der Waals surface area contributed by atoms with Crippen molar-refractivity contribution in [2.75, 3.05) is 20.3 Å². The average molecular weight is 652 g/mol. The molecule has 0 aliphatic heterocycles. The number of carbonyl (C=O) groups excluding carboxylic acids is 8. The minimum absolute atomic E-state index is 0.0218. The Morgan fingerprint density at radius 1 is 0.787 bits per heavy atom. The molecule has 0 heterocycles. The van der Waals surface area contributed by atoms with Crippen LogP contribution in [-0.4, -0.2) is 90.6 Å². The molecule has 4 amide bonds. The molecule has 0 saturated heterocycles. The lowest BCUT2D eigenvalue weighted by molar-refractivity contribution is -0.146. The van der Waals surface area contributed by atoms with Gasteiger partial charge in [-0.05, 0) is 52.8 Å². The molecular weight excluding hydrogens is 614 g/mol. The predicted octanol–water partition coefficient (Wildman–Crippen LogP) is -0.470. The molecule has 0 bridgehead atoms. The number of carbonyl (C=O) groups is 8. The maximum atomic E-state index is 13.0. The van der Waals surface area contributed by atoms with E-state index in [0.29, 0.717) is 0 Å². The van der Waals surface area contributed by atoms with E-state index in [2.05, 4.69) is 21.3 Å². The van der Waals surface area contributed by atoms with Gasteiger partial charge in [0.05, 0.1) is 19.2 Å². The van der Waals surface area contributed by atoms with Crippen LogP contribution >= 0.6 is 0 Å². The second-order valence-electron chi connectivity index (χ2n) is 11.8. The van der Waals surface area contributed by atoms with E-state index in [0.717, 1.165) is 7.11 Å². The molecule has 250 valence electrons. The summed E-state index contributed by atoms with van der Waals surface area (Å²) in [5.41, 5.74) is 2.88.